The van der Waals surface area contributed by atoms with Crippen LogP contribution in [-0.2, 0) is 0 Å². The summed E-state index contributed by atoms with van der Waals surface area (Å²) >= 11 is 6.13. The maximum Gasteiger partial charge on any atom is 0.101 e. The molecule has 4 heteroatoms. The summed E-state index contributed by atoms with van der Waals surface area (Å²) in [6.07, 6.45) is 3.60. The number of rotatable bonds is 5. The van der Waals surface area contributed by atoms with Gasteiger partial charge in [0.1, 0.15) is 6.07 Å². The molecule has 0 aliphatic carbocycles. The van der Waals surface area contributed by atoms with E-state index in [1.165, 1.54) is 12.8 Å². The Morgan fingerprint density at radius 3 is 2.95 bits per heavy atom. The number of benzene rings is 1. The van der Waals surface area contributed by atoms with Gasteiger partial charge in [-0.3, -0.25) is 0 Å². The second kappa shape index (κ2) is 6.79. The lowest BCUT2D eigenvalue weighted by Crippen LogP contribution is -2.38. The maximum atomic E-state index is 8.92. The molecule has 3 nitrogen and oxygen atoms in total. The van der Waals surface area contributed by atoms with E-state index in [1.54, 1.807) is 0 Å². The Hall–Kier alpha value is -1.24. The van der Waals surface area contributed by atoms with Crippen LogP contribution in [0.2, 0.25) is 5.02 Å². The standard InChI is InChI=1S/C15H20ClN3/c1-2-8-19(11-13-4-3-7-18-13)14-6-5-12(10-17)15(16)9-14/h5-6,9,13,18H,2-4,7-8,11H2,1H3. The van der Waals surface area contributed by atoms with Crippen LogP contribution < -0.4 is 10.2 Å². The first-order valence-corrected chi connectivity index (χ1v) is 7.30. The number of anilines is 1. The SMILES string of the molecule is CCCN(CC1CCCN1)c1ccc(C#N)c(Cl)c1. The highest BCUT2D eigenvalue weighted by atomic mass is 35.5. The predicted octanol–water partition coefficient (Wildman–Crippen LogP) is 3.18. The highest BCUT2D eigenvalue weighted by Gasteiger charge is 2.18. The van der Waals surface area contributed by atoms with E-state index in [9.17, 15) is 0 Å². The minimum absolute atomic E-state index is 0.542. The van der Waals surface area contributed by atoms with Crippen LogP contribution in [0.5, 0.6) is 0 Å². The first-order valence-electron chi connectivity index (χ1n) is 6.92. The predicted molar refractivity (Wildman–Crippen MR) is 79.7 cm³/mol. The molecule has 1 aliphatic rings. The van der Waals surface area contributed by atoms with Gasteiger partial charge in [-0.05, 0) is 44.0 Å². The average molecular weight is 278 g/mol. The Morgan fingerprint density at radius 1 is 1.53 bits per heavy atom. The molecule has 19 heavy (non-hydrogen) atoms. The molecular formula is C15H20ClN3. The monoisotopic (exact) mass is 277 g/mol. The van der Waals surface area contributed by atoms with Gasteiger partial charge in [0.05, 0.1) is 10.6 Å². The van der Waals surface area contributed by atoms with E-state index >= 15 is 0 Å². The third-order valence-corrected chi connectivity index (χ3v) is 3.85. The van der Waals surface area contributed by atoms with Crippen molar-refractivity contribution in [3.05, 3.63) is 28.8 Å². The zero-order chi connectivity index (χ0) is 13.7. The van der Waals surface area contributed by atoms with Gasteiger partial charge in [0.2, 0.25) is 0 Å². The third-order valence-electron chi connectivity index (χ3n) is 3.53. The molecule has 1 N–H and O–H groups in total. The van der Waals surface area contributed by atoms with E-state index in [1.807, 2.05) is 18.2 Å². The maximum absolute atomic E-state index is 8.92. The third kappa shape index (κ3) is 3.62. The van der Waals surface area contributed by atoms with Crippen molar-refractivity contribution >= 4 is 17.3 Å². The molecule has 1 atom stereocenters. The zero-order valence-corrected chi connectivity index (χ0v) is 12.1. The minimum atomic E-state index is 0.542. The molecule has 1 aromatic rings. The van der Waals surface area contributed by atoms with Crippen LogP contribution in [-0.4, -0.2) is 25.7 Å². The van der Waals surface area contributed by atoms with E-state index in [4.69, 9.17) is 16.9 Å². The smallest absolute Gasteiger partial charge is 0.101 e. The molecule has 1 unspecified atom stereocenters. The lowest BCUT2D eigenvalue weighted by atomic mass is 10.1. The Kier molecular flexibility index (Phi) is 5.07. The summed E-state index contributed by atoms with van der Waals surface area (Å²) in [7, 11) is 0. The van der Waals surface area contributed by atoms with Crippen LogP contribution in [0.15, 0.2) is 18.2 Å². The van der Waals surface area contributed by atoms with Crippen LogP contribution in [0.4, 0.5) is 5.69 Å². The van der Waals surface area contributed by atoms with Crippen LogP contribution in [0.25, 0.3) is 0 Å². The number of halogens is 1. The van der Waals surface area contributed by atoms with Gasteiger partial charge in [-0.15, -0.1) is 0 Å². The highest BCUT2D eigenvalue weighted by Crippen LogP contribution is 2.24. The number of nitrogens with one attached hydrogen (secondary N) is 1. The first kappa shape index (κ1) is 14.2. The Bertz CT molecular complexity index is 461. The quantitative estimate of drug-likeness (QED) is 0.898. The number of hydrogen-bond acceptors (Lipinski definition) is 3. The number of hydrogen-bond donors (Lipinski definition) is 1. The van der Waals surface area contributed by atoms with E-state index in [0.717, 1.165) is 31.7 Å². The lowest BCUT2D eigenvalue weighted by molar-refractivity contribution is 0.578. The van der Waals surface area contributed by atoms with Gasteiger partial charge in [0, 0.05) is 24.8 Å². The van der Waals surface area contributed by atoms with E-state index in [-0.39, 0.29) is 0 Å². The average Bonchev–Trinajstić information content (AvgIpc) is 2.91. The summed E-state index contributed by atoms with van der Waals surface area (Å²) in [6, 6.07) is 8.38. The van der Waals surface area contributed by atoms with Gasteiger partial charge in [-0.2, -0.15) is 5.26 Å². The zero-order valence-electron chi connectivity index (χ0n) is 11.3. The van der Waals surface area contributed by atoms with Crippen LogP contribution in [0, 0.1) is 11.3 Å². The van der Waals surface area contributed by atoms with Gasteiger partial charge >= 0.3 is 0 Å². The second-order valence-electron chi connectivity index (χ2n) is 5.02. The molecule has 0 spiro atoms. The van der Waals surface area contributed by atoms with Crippen molar-refractivity contribution in [2.24, 2.45) is 0 Å². The van der Waals surface area contributed by atoms with E-state index in [2.05, 4.69) is 23.2 Å². The molecular weight excluding hydrogens is 258 g/mol. The van der Waals surface area contributed by atoms with Crippen molar-refractivity contribution in [2.45, 2.75) is 32.2 Å². The molecule has 1 aromatic carbocycles. The number of nitrogens with zero attached hydrogens (tertiary/aromatic N) is 2. The molecule has 1 heterocycles. The molecule has 1 aliphatic heterocycles. The van der Waals surface area contributed by atoms with Crippen LogP contribution >= 0.6 is 11.6 Å². The normalized spacial score (nSPS) is 18.3. The number of nitriles is 1. The molecule has 0 aromatic heterocycles. The van der Waals surface area contributed by atoms with Crippen molar-refractivity contribution in [1.82, 2.24) is 5.32 Å². The van der Waals surface area contributed by atoms with E-state index in [0.29, 0.717) is 16.6 Å². The van der Waals surface area contributed by atoms with Crippen molar-refractivity contribution in [2.75, 3.05) is 24.5 Å². The summed E-state index contributed by atoms with van der Waals surface area (Å²) < 4.78 is 0. The van der Waals surface area contributed by atoms with Gasteiger partial charge in [0.25, 0.3) is 0 Å². The van der Waals surface area contributed by atoms with Crippen molar-refractivity contribution in [3.63, 3.8) is 0 Å². The van der Waals surface area contributed by atoms with Crippen LogP contribution in [0.1, 0.15) is 31.7 Å². The Labute approximate surface area is 120 Å². The van der Waals surface area contributed by atoms with Gasteiger partial charge in [-0.25, -0.2) is 0 Å². The van der Waals surface area contributed by atoms with Crippen molar-refractivity contribution in [1.29, 1.82) is 5.26 Å². The fourth-order valence-corrected chi connectivity index (χ4v) is 2.78. The summed E-state index contributed by atoms with van der Waals surface area (Å²) in [5, 5.41) is 13.0. The van der Waals surface area contributed by atoms with Gasteiger partial charge < -0.3 is 10.2 Å². The molecule has 1 saturated heterocycles. The first-order chi connectivity index (χ1) is 9.24. The Balaban J connectivity index is 2.13. The van der Waals surface area contributed by atoms with Crippen molar-refractivity contribution < 1.29 is 0 Å². The summed E-state index contributed by atoms with van der Waals surface area (Å²) in [4.78, 5) is 2.36. The summed E-state index contributed by atoms with van der Waals surface area (Å²) in [6.45, 7) is 5.33. The fourth-order valence-electron chi connectivity index (χ4n) is 2.57. The topological polar surface area (TPSA) is 39.1 Å². The molecule has 102 valence electrons. The summed E-state index contributed by atoms with van der Waals surface area (Å²) in [5.74, 6) is 0. The lowest BCUT2D eigenvalue weighted by Gasteiger charge is -2.27. The second-order valence-corrected chi connectivity index (χ2v) is 5.42. The van der Waals surface area contributed by atoms with Gasteiger partial charge in [0.15, 0.2) is 0 Å². The molecule has 0 radical (unpaired) electrons. The van der Waals surface area contributed by atoms with Crippen LogP contribution in [0.3, 0.4) is 0 Å². The minimum Gasteiger partial charge on any atom is -0.370 e. The fraction of sp³-hybridized carbons (Fsp3) is 0.533. The molecule has 0 amide bonds. The molecule has 2 rings (SSSR count). The highest BCUT2D eigenvalue weighted by molar-refractivity contribution is 6.32. The van der Waals surface area contributed by atoms with Gasteiger partial charge in [-0.1, -0.05) is 18.5 Å². The largest absolute Gasteiger partial charge is 0.370 e. The van der Waals surface area contributed by atoms with E-state index < -0.39 is 0 Å². The summed E-state index contributed by atoms with van der Waals surface area (Å²) in [5.41, 5.74) is 1.65. The molecule has 0 saturated carbocycles. The Morgan fingerprint density at radius 2 is 2.37 bits per heavy atom. The van der Waals surface area contributed by atoms with Crippen molar-refractivity contribution in [3.8, 4) is 6.07 Å². The molecule has 0 bridgehead atoms. The molecule has 1 fully saturated rings.